The van der Waals surface area contributed by atoms with Crippen LogP contribution in [0.5, 0.6) is 0 Å². The summed E-state index contributed by atoms with van der Waals surface area (Å²) in [4.78, 5) is 2.38. The van der Waals surface area contributed by atoms with E-state index >= 15 is 0 Å². The van der Waals surface area contributed by atoms with Crippen LogP contribution in [0.15, 0.2) is 42.5 Å². The molecule has 1 aliphatic heterocycles. The lowest BCUT2D eigenvalue weighted by atomic mass is 10.2. The highest BCUT2D eigenvalue weighted by Gasteiger charge is 2.11. The van der Waals surface area contributed by atoms with Gasteiger partial charge in [-0.2, -0.15) is 0 Å². The Morgan fingerprint density at radius 2 is 1.70 bits per heavy atom. The van der Waals surface area contributed by atoms with Gasteiger partial charge in [0.1, 0.15) is 5.82 Å². The number of hydrogen-bond donors (Lipinski definition) is 2. The summed E-state index contributed by atoms with van der Waals surface area (Å²) in [7, 11) is 0. The first-order chi connectivity index (χ1) is 9.72. The van der Waals surface area contributed by atoms with Gasteiger partial charge in [-0.3, -0.25) is 0 Å². The van der Waals surface area contributed by atoms with E-state index in [0.29, 0.717) is 5.69 Å². The Balaban J connectivity index is 1.74. The van der Waals surface area contributed by atoms with Crippen molar-refractivity contribution in [3.05, 3.63) is 48.3 Å². The number of rotatable bonds is 3. The summed E-state index contributed by atoms with van der Waals surface area (Å²) < 4.78 is 13.0. The van der Waals surface area contributed by atoms with Crippen molar-refractivity contribution in [3.8, 4) is 0 Å². The first-order valence-corrected chi connectivity index (χ1v) is 6.89. The predicted octanol–water partition coefficient (Wildman–Crippen LogP) is 3.75. The highest BCUT2D eigenvalue weighted by atomic mass is 19.1. The first kappa shape index (κ1) is 12.8. The number of nitrogens with two attached hydrogens (primary N) is 1. The Bertz CT molecular complexity index is 589. The molecule has 1 aliphatic rings. The molecule has 0 amide bonds. The summed E-state index contributed by atoms with van der Waals surface area (Å²) in [5, 5.41) is 3.21. The van der Waals surface area contributed by atoms with Crippen LogP contribution in [-0.4, -0.2) is 13.1 Å². The van der Waals surface area contributed by atoms with Crippen LogP contribution in [0, 0.1) is 5.82 Å². The van der Waals surface area contributed by atoms with Crippen molar-refractivity contribution < 1.29 is 4.39 Å². The summed E-state index contributed by atoms with van der Waals surface area (Å²) in [6.45, 7) is 2.27. The smallest absolute Gasteiger partial charge is 0.125 e. The Morgan fingerprint density at radius 1 is 1.00 bits per heavy atom. The number of nitrogen functional groups attached to an aromatic ring is 1. The van der Waals surface area contributed by atoms with E-state index < -0.39 is 0 Å². The molecule has 0 atom stereocenters. The van der Waals surface area contributed by atoms with Gasteiger partial charge in [0.05, 0.1) is 11.4 Å². The Kier molecular flexibility index (Phi) is 3.46. The highest BCUT2D eigenvalue weighted by Crippen LogP contribution is 2.26. The quantitative estimate of drug-likeness (QED) is 0.835. The summed E-state index contributed by atoms with van der Waals surface area (Å²) in [5.41, 5.74) is 9.12. The van der Waals surface area contributed by atoms with Gasteiger partial charge in [0.25, 0.3) is 0 Å². The molecule has 0 bridgehead atoms. The molecule has 1 fully saturated rings. The van der Waals surface area contributed by atoms with Crippen LogP contribution in [0.25, 0.3) is 0 Å². The minimum absolute atomic E-state index is 0.322. The van der Waals surface area contributed by atoms with Crippen LogP contribution < -0.4 is 16.0 Å². The van der Waals surface area contributed by atoms with E-state index in [0.717, 1.165) is 24.5 Å². The molecule has 0 aliphatic carbocycles. The van der Waals surface area contributed by atoms with Gasteiger partial charge in [-0.15, -0.1) is 0 Å². The normalized spacial score (nSPS) is 14.6. The van der Waals surface area contributed by atoms with Crippen molar-refractivity contribution >= 4 is 22.7 Å². The number of halogens is 1. The molecule has 0 spiro atoms. The Hall–Kier alpha value is -2.23. The molecule has 3 rings (SSSR count). The molecule has 2 aromatic rings. The maximum absolute atomic E-state index is 13.0. The third kappa shape index (κ3) is 2.69. The number of nitrogens with zero attached hydrogens (tertiary/aromatic N) is 1. The lowest BCUT2D eigenvalue weighted by Gasteiger charge is -2.18. The van der Waals surface area contributed by atoms with Gasteiger partial charge in [-0.25, -0.2) is 4.39 Å². The van der Waals surface area contributed by atoms with Gasteiger partial charge in [0.15, 0.2) is 0 Å². The molecule has 1 heterocycles. The van der Waals surface area contributed by atoms with Crippen molar-refractivity contribution in [2.45, 2.75) is 12.8 Å². The minimum atomic E-state index is -0.322. The average Bonchev–Trinajstić information content (AvgIpc) is 2.97. The third-order valence-corrected chi connectivity index (χ3v) is 3.63. The molecule has 2 aromatic carbocycles. The van der Waals surface area contributed by atoms with Gasteiger partial charge >= 0.3 is 0 Å². The second kappa shape index (κ2) is 5.41. The minimum Gasteiger partial charge on any atom is -0.397 e. The summed E-state index contributed by atoms with van der Waals surface area (Å²) in [5.74, 6) is -0.322. The summed E-state index contributed by atoms with van der Waals surface area (Å²) in [6, 6.07) is 12.6. The highest BCUT2D eigenvalue weighted by molar-refractivity contribution is 5.73. The Morgan fingerprint density at radius 3 is 2.35 bits per heavy atom. The van der Waals surface area contributed by atoms with E-state index in [2.05, 4.69) is 22.3 Å². The van der Waals surface area contributed by atoms with E-state index in [-0.39, 0.29) is 5.82 Å². The molecular formula is C16H18FN3. The van der Waals surface area contributed by atoms with Crippen LogP contribution in [0.4, 0.5) is 27.1 Å². The molecule has 0 saturated carbocycles. The maximum Gasteiger partial charge on any atom is 0.125 e. The number of hydrogen-bond acceptors (Lipinski definition) is 3. The van der Waals surface area contributed by atoms with Gasteiger partial charge in [0.2, 0.25) is 0 Å². The van der Waals surface area contributed by atoms with Crippen LogP contribution >= 0.6 is 0 Å². The topological polar surface area (TPSA) is 41.3 Å². The van der Waals surface area contributed by atoms with Gasteiger partial charge in [0, 0.05) is 24.5 Å². The van der Waals surface area contributed by atoms with Crippen LogP contribution in [0.3, 0.4) is 0 Å². The molecule has 0 unspecified atom stereocenters. The molecule has 3 nitrogen and oxygen atoms in total. The van der Waals surface area contributed by atoms with E-state index in [9.17, 15) is 4.39 Å². The molecular weight excluding hydrogens is 253 g/mol. The van der Waals surface area contributed by atoms with E-state index in [4.69, 9.17) is 5.73 Å². The first-order valence-electron chi connectivity index (χ1n) is 6.89. The number of nitrogens with one attached hydrogen (secondary N) is 1. The average molecular weight is 271 g/mol. The standard InChI is InChI=1S/C16H18FN3/c17-12-3-8-16(15(18)11-12)19-13-4-6-14(7-5-13)20-9-1-2-10-20/h3-8,11,19H,1-2,9-10,18H2. The molecule has 20 heavy (non-hydrogen) atoms. The second-order valence-electron chi connectivity index (χ2n) is 5.10. The molecule has 0 aromatic heterocycles. The van der Waals surface area contributed by atoms with Gasteiger partial charge in [-0.1, -0.05) is 0 Å². The SMILES string of the molecule is Nc1cc(F)ccc1Nc1ccc(N2CCCC2)cc1. The third-order valence-electron chi connectivity index (χ3n) is 3.63. The van der Waals surface area contributed by atoms with Crippen molar-refractivity contribution in [1.82, 2.24) is 0 Å². The summed E-state index contributed by atoms with van der Waals surface area (Å²) in [6.07, 6.45) is 2.54. The van der Waals surface area contributed by atoms with Crippen LogP contribution in [0.2, 0.25) is 0 Å². The number of benzene rings is 2. The fraction of sp³-hybridized carbons (Fsp3) is 0.250. The van der Waals surface area contributed by atoms with Crippen LogP contribution in [-0.2, 0) is 0 Å². The molecule has 104 valence electrons. The second-order valence-corrected chi connectivity index (χ2v) is 5.10. The van der Waals surface area contributed by atoms with E-state index in [1.807, 2.05) is 12.1 Å². The predicted molar refractivity (Wildman–Crippen MR) is 82.0 cm³/mol. The zero-order valence-corrected chi connectivity index (χ0v) is 11.3. The van der Waals surface area contributed by atoms with E-state index in [1.165, 1.54) is 30.7 Å². The number of anilines is 4. The molecule has 0 radical (unpaired) electrons. The monoisotopic (exact) mass is 271 g/mol. The lowest BCUT2D eigenvalue weighted by Crippen LogP contribution is -2.17. The van der Waals surface area contributed by atoms with Crippen molar-refractivity contribution in [3.63, 3.8) is 0 Å². The molecule has 3 N–H and O–H groups in total. The van der Waals surface area contributed by atoms with Crippen molar-refractivity contribution in [2.75, 3.05) is 29.0 Å². The maximum atomic E-state index is 13.0. The molecule has 1 saturated heterocycles. The lowest BCUT2D eigenvalue weighted by molar-refractivity contribution is 0.628. The molecule has 4 heteroatoms. The Labute approximate surface area is 118 Å². The van der Waals surface area contributed by atoms with E-state index in [1.54, 1.807) is 6.07 Å². The largest absolute Gasteiger partial charge is 0.397 e. The summed E-state index contributed by atoms with van der Waals surface area (Å²) >= 11 is 0. The zero-order valence-electron chi connectivity index (χ0n) is 11.3. The van der Waals surface area contributed by atoms with Gasteiger partial charge in [-0.05, 0) is 55.3 Å². The van der Waals surface area contributed by atoms with Crippen molar-refractivity contribution in [2.24, 2.45) is 0 Å². The fourth-order valence-corrected chi connectivity index (χ4v) is 2.53. The van der Waals surface area contributed by atoms with Crippen molar-refractivity contribution in [1.29, 1.82) is 0 Å². The van der Waals surface area contributed by atoms with Crippen LogP contribution in [0.1, 0.15) is 12.8 Å². The zero-order chi connectivity index (χ0) is 13.9. The van der Waals surface area contributed by atoms with Gasteiger partial charge < -0.3 is 16.0 Å². The fourth-order valence-electron chi connectivity index (χ4n) is 2.53.